The van der Waals surface area contributed by atoms with E-state index in [1.54, 1.807) is 6.20 Å². The second-order valence-corrected chi connectivity index (χ2v) is 8.57. The zero-order valence-electron chi connectivity index (χ0n) is 15.1. The molecule has 1 heterocycles. The summed E-state index contributed by atoms with van der Waals surface area (Å²) in [4.78, 5) is 9.33. The van der Waals surface area contributed by atoms with Gasteiger partial charge in [0.25, 0.3) is 0 Å². The minimum atomic E-state index is -1.23. The lowest BCUT2D eigenvalue weighted by atomic mass is 10.1. The van der Waals surface area contributed by atoms with Crippen LogP contribution in [0.3, 0.4) is 0 Å². The average molecular weight is 350 g/mol. The van der Waals surface area contributed by atoms with Crippen LogP contribution in [0.25, 0.3) is 0 Å². The molecule has 0 N–H and O–H groups in total. The lowest BCUT2D eigenvalue weighted by Crippen LogP contribution is -2.15. The Labute approximate surface area is 150 Å². The number of aliphatic imine (C=N–C) groups is 1. The predicted molar refractivity (Wildman–Crippen MR) is 106 cm³/mol. The van der Waals surface area contributed by atoms with Gasteiger partial charge in [0.05, 0.1) is 0 Å². The molecule has 4 nitrogen and oxygen atoms in total. The van der Waals surface area contributed by atoms with Crippen LogP contribution in [-0.4, -0.2) is 24.4 Å². The molecule has 1 aromatic heterocycles. The fourth-order valence-electron chi connectivity index (χ4n) is 2.67. The third-order valence-electron chi connectivity index (χ3n) is 3.86. The highest BCUT2D eigenvalue weighted by Gasteiger charge is 2.13. The maximum atomic E-state index is 6.17. The van der Waals surface area contributed by atoms with E-state index in [4.69, 9.17) is 9.42 Å². The molecule has 0 radical (unpaired) electrons. The van der Waals surface area contributed by atoms with Crippen molar-refractivity contribution in [2.24, 2.45) is 4.99 Å². The largest absolute Gasteiger partial charge is 0.545 e. The summed E-state index contributed by atoms with van der Waals surface area (Å²) in [6.07, 6.45) is 3.73. The van der Waals surface area contributed by atoms with Crippen molar-refractivity contribution >= 4 is 20.6 Å². The first kappa shape index (κ1) is 17.2. The number of rotatable bonds is 4. The lowest BCUT2D eigenvalue weighted by Gasteiger charge is -2.16. The highest BCUT2D eigenvalue weighted by Crippen LogP contribution is 2.32. The summed E-state index contributed by atoms with van der Waals surface area (Å²) >= 11 is 0. The first-order chi connectivity index (χ1) is 12.1. The number of benzene rings is 2. The molecule has 0 atom stereocenters. The highest BCUT2D eigenvalue weighted by molar-refractivity contribution is 6.49. The van der Waals surface area contributed by atoms with E-state index in [2.05, 4.69) is 43.2 Å². The number of imidazole rings is 1. The number of hydrogen-bond donors (Lipinski definition) is 0. The lowest BCUT2D eigenvalue weighted by molar-refractivity contribution is 0.577. The molecule has 0 unspecified atom stereocenters. The Bertz CT molecular complexity index is 885. The Balaban J connectivity index is 2.18. The van der Waals surface area contributed by atoms with Crippen molar-refractivity contribution in [3.63, 3.8) is 0 Å². The molecule has 0 saturated heterocycles. The number of para-hydroxylation sites is 1. The summed E-state index contributed by atoms with van der Waals surface area (Å²) in [5.74, 6) is 2.63. The summed E-state index contributed by atoms with van der Waals surface area (Å²) in [5, 5.41) is 0. The molecule has 3 rings (SSSR count). The molecule has 0 aliphatic rings. The Kier molecular flexibility index (Phi) is 5.14. The van der Waals surface area contributed by atoms with E-state index in [1.165, 1.54) is 0 Å². The van der Waals surface area contributed by atoms with Crippen molar-refractivity contribution in [1.82, 2.24) is 9.55 Å². The first-order valence-corrected chi connectivity index (χ1v) is 11.2. The molecule has 0 bridgehead atoms. The normalized spacial score (nSPS) is 11.8. The second kappa shape index (κ2) is 7.48. The standard InChI is InChI=1S/C20H23N3OSi/c1-15-9-8-12-18(19(15)24-25(3)4)22-20(17-10-6-5-7-11-17)23-14-13-21-16(23)2/h5-14,25H,1-4H3. The van der Waals surface area contributed by atoms with Crippen LogP contribution in [0.15, 0.2) is 65.9 Å². The van der Waals surface area contributed by atoms with Gasteiger partial charge in [-0.05, 0) is 38.6 Å². The van der Waals surface area contributed by atoms with Gasteiger partial charge in [0.15, 0.2) is 0 Å². The van der Waals surface area contributed by atoms with Crippen LogP contribution in [0.1, 0.15) is 17.0 Å². The Morgan fingerprint density at radius 3 is 2.44 bits per heavy atom. The van der Waals surface area contributed by atoms with Gasteiger partial charge < -0.3 is 4.43 Å². The minimum absolute atomic E-state index is 0.844. The van der Waals surface area contributed by atoms with Crippen LogP contribution in [0.2, 0.25) is 13.1 Å². The summed E-state index contributed by atoms with van der Waals surface area (Å²) < 4.78 is 8.18. The van der Waals surface area contributed by atoms with Gasteiger partial charge in [-0.2, -0.15) is 0 Å². The van der Waals surface area contributed by atoms with E-state index in [9.17, 15) is 0 Å². The summed E-state index contributed by atoms with van der Waals surface area (Å²) in [6.45, 7) is 8.37. The maximum Gasteiger partial charge on any atom is 0.229 e. The first-order valence-electron chi connectivity index (χ1n) is 8.47. The van der Waals surface area contributed by atoms with Gasteiger partial charge in [0, 0.05) is 18.0 Å². The number of nitrogens with zero attached hydrogens (tertiary/aromatic N) is 3. The van der Waals surface area contributed by atoms with Gasteiger partial charge in [0.2, 0.25) is 9.04 Å². The summed E-state index contributed by atoms with van der Waals surface area (Å²) in [5.41, 5.74) is 3.00. The van der Waals surface area contributed by atoms with Crippen molar-refractivity contribution in [2.45, 2.75) is 26.9 Å². The van der Waals surface area contributed by atoms with E-state index < -0.39 is 9.04 Å². The van der Waals surface area contributed by atoms with Crippen LogP contribution in [0.4, 0.5) is 5.69 Å². The van der Waals surface area contributed by atoms with Crippen molar-refractivity contribution in [2.75, 3.05) is 0 Å². The SMILES string of the molecule is Cc1cccc(N=C(c2ccccc2)n2ccnc2C)c1O[SiH](C)C. The van der Waals surface area contributed by atoms with E-state index in [0.29, 0.717) is 0 Å². The Hall–Kier alpha value is -2.66. The quantitative estimate of drug-likeness (QED) is 0.395. The zero-order chi connectivity index (χ0) is 17.8. The third-order valence-corrected chi connectivity index (χ3v) is 4.56. The van der Waals surface area contributed by atoms with Crippen LogP contribution in [-0.2, 0) is 0 Å². The summed E-state index contributed by atoms with van der Waals surface area (Å²) in [7, 11) is -1.23. The van der Waals surface area contributed by atoms with Gasteiger partial charge in [-0.1, -0.05) is 42.5 Å². The molecule has 0 amide bonds. The molecule has 0 aliphatic carbocycles. The molecule has 0 aliphatic heterocycles. The fraction of sp³-hybridized carbons (Fsp3) is 0.200. The molecular formula is C20H23N3OSi. The molecule has 5 heteroatoms. The van der Waals surface area contributed by atoms with Crippen molar-refractivity contribution < 1.29 is 4.43 Å². The van der Waals surface area contributed by atoms with Gasteiger partial charge in [-0.25, -0.2) is 9.98 Å². The Morgan fingerprint density at radius 1 is 1.04 bits per heavy atom. The molecule has 25 heavy (non-hydrogen) atoms. The molecule has 128 valence electrons. The van der Waals surface area contributed by atoms with Crippen molar-refractivity contribution in [3.05, 3.63) is 77.9 Å². The maximum absolute atomic E-state index is 6.17. The molecule has 0 fully saturated rings. The summed E-state index contributed by atoms with van der Waals surface area (Å²) in [6, 6.07) is 16.3. The highest BCUT2D eigenvalue weighted by atomic mass is 28.3. The molecule has 0 spiro atoms. The minimum Gasteiger partial charge on any atom is -0.545 e. The molecule has 3 aromatic rings. The number of hydrogen-bond acceptors (Lipinski definition) is 3. The second-order valence-electron chi connectivity index (χ2n) is 6.24. The Morgan fingerprint density at radius 2 is 1.80 bits per heavy atom. The van der Waals surface area contributed by atoms with Crippen LogP contribution in [0.5, 0.6) is 5.75 Å². The van der Waals surface area contributed by atoms with E-state index in [1.807, 2.05) is 48.0 Å². The number of aryl methyl sites for hydroxylation is 2. The van der Waals surface area contributed by atoms with E-state index in [0.717, 1.165) is 34.2 Å². The third kappa shape index (κ3) is 3.88. The van der Waals surface area contributed by atoms with Gasteiger partial charge in [-0.15, -0.1) is 0 Å². The molecular weight excluding hydrogens is 326 g/mol. The van der Waals surface area contributed by atoms with Crippen LogP contribution in [0, 0.1) is 13.8 Å². The van der Waals surface area contributed by atoms with Crippen molar-refractivity contribution in [1.29, 1.82) is 0 Å². The van der Waals surface area contributed by atoms with Crippen molar-refractivity contribution in [3.8, 4) is 5.75 Å². The van der Waals surface area contributed by atoms with Gasteiger partial charge in [-0.3, -0.25) is 4.57 Å². The zero-order valence-corrected chi connectivity index (χ0v) is 16.3. The predicted octanol–water partition coefficient (Wildman–Crippen LogP) is 4.49. The molecule has 0 saturated carbocycles. The fourth-order valence-corrected chi connectivity index (χ4v) is 3.45. The average Bonchev–Trinajstić information content (AvgIpc) is 3.01. The topological polar surface area (TPSA) is 39.4 Å². The van der Waals surface area contributed by atoms with Crippen LogP contribution < -0.4 is 4.43 Å². The molecule has 2 aromatic carbocycles. The smallest absolute Gasteiger partial charge is 0.229 e. The number of aromatic nitrogens is 2. The van der Waals surface area contributed by atoms with Gasteiger partial charge in [0.1, 0.15) is 23.1 Å². The van der Waals surface area contributed by atoms with Crippen LogP contribution >= 0.6 is 0 Å². The monoisotopic (exact) mass is 349 g/mol. The van der Waals surface area contributed by atoms with E-state index in [-0.39, 0.29) is 0 Å². The van der Waals surface area contributed by atoms with Gasteiger partial charge >= 0.3 is 0 Å². The van der Waals surface area contributed by atoms with E-state index >= 15 is 0 Å².